The van der Waals surface area contributed by atoms with Gasteiger partial charge in [0, 0.05) is 25.1 Å². The Kier molecular flexibility index (Phi) is 6.39. The highest BCUT2D eigenvalue weighted by atomic mass is 16.5. The van der Waals surface area contributed by atoms with E-state index in [1.165, 1.54) is 18.9 Å². The van der Waals surface area contributed by atoms with Crippen LogP contribution < -0.4 is 15.0 Å². The summed E-state index contributed by atoms with van der Waals surface area (Å²) in [5, 5.41) is 6.87. The number of nitrogens with zero attached hydrogens (tertiary/aromatic N) is 3. The highest BCUT2D eigenvalue weighted by Crippen LogP contribution is 2.33. The molecule has 0 aliphatic carbocycles. The second-order valence-corrected chi connectivity index (χ2v) is 7.40. The number of anilines is 2. The van der Waals surface area contributed by atoms with Crippen LogP contribution in [0.4, 0.5) is 11.5 Å². The molecule has 1 aliphatic rings. The van der Waals surface area contributed by atoms with E-state index in [0.29, 0.717) is 17.3 Å². The van der Waals surface area contributed by atoms with Gasteiger partial charge in [-0.2, -0.15) is 5.10 Å². The fraction of sp³-hybridized carbons (Fsp3) is 0.429. The van der Waals surface area contributed by atoms with Crippen molar-refractivity contribution in [1.82, 2.24) is 9.78 Å². The first kappa shape index (κ1) is 21.4. The van der Waals surface area contributed by atoms with Gasteiger partial charge in [-0.25, -0.2) is 4.68 Å². The number of methoxy groups -OCH3 is 1. The minimum atomic E-state index is -1.01. The Morgan fingerprint density at radius 3 is 2.63 bits per heavy atom. The molecule has 1 fully saturated rings. The molecule has 0 bridgehead atoms. The van der Waals surface area contributed by atoms with Crippen LogP contribution in [-0.2, 0) is 19.1 Å². The summed E-state index contributed by atoms with van der Waals surface area (Å²) in [5.74, 6) is -0.818. The molecule has 9 nitrogen and oxygen atoms in total. The topological polar surface area (TPSA) is 103 Å². The molecule has 0 saturated carbocycles. The van der Waals surface area contributed by atoms with Gasteiger partial charge in [-0.1, -0.05) is 12.1 Å². The summed E-state index contributed by atoms with van der Waals surface area (Å²) in [6, 6.07) is 8.86. The van der Waals surface area contributed by atoms with Crippen molar-refractivity contribution in [3.63, 3.8) is 0 Å². The number of carbonyl (C=O) groups excluding carboxylic acids is 3. The Balaban J connectivity index is 1.61. The number of aromatic nitrogens is 2. The largest absolute Gasteiger partial charge is 0.495 e. The second kappa shape index (κ2) is 8.98. The zero-order valence-electron chi connectivity index (χ0n) is 17.5. The molecule has 2 amide bonds. The van der Waals surface area contributed by atoms with Crippen LogP contribution in [-0.4, -0.2) is 47.3 Å². The molecule has 3 rings (SSSR count). The van der Waals surface area contributed by atoms with E-state index in [1.54, 1.807) is 41.2 Å². The molecular weight excluding hydrogens is 388 g/mol. The summed E-state index contributed by atoms with van der Waals surface area (Å²) in [6.45, 7) is 5.55. The lowest BCUT2D eigenvalue weighted by molar-refractivity contribution is -0.157. The minimum absolute atomic E-state index is 0.0192. The maximum atomic E-state index is 12.6. The molecule has 30 heavy (non-hydrogen) atoms. The van der Waals surface area contributed by atoms with Gasteiger partial charge in [-0.05, 0) is 32.9 Å². The van der Waals surface area contributed by atoms with Crippen LogP contribution in [0.5, 0.6) is 5.75 Å². The number of benzene rings is 1. The van der Waals surface area contributed by atoms with E-state index >= 15 is 0 Å². The molecule has 1 aromatic heterocycles. The summed E-state index contributed by atoms with van der Waals surface area (Å²) in [5.41, 5.74) is 0.605. The van der Waals surface area contributed by atoms with Crippen molar-refractivity contribution in [1.29, 1.82) is 0 Å². The molecule has 0 spiro atoms. The van der Waals surface area contributed by atoms with E-state index in [1.807, 2.05) is 13.8 Å². The van der Waals surface area contributed by atoms with Crippen LogP contribution in [0.3, 0.4) is 0 Å². The lowest BCUT2D eigenvalue weighted by atomic mass is 10.1. The number of hydrogen-bond donors (Lipinski definition) is 1. The van der Waals surface area contributed by atoms with E-state index < -0.39 is 23.9 Å². The molecule has 160 valence electrons. The van der Waals surface area contributed by atoms with Gasteiger partial charge in [0.15, 0.2) is 6.10 Å². The highest BCUT2D eigenvalue weighted by Gasteiger charge is 2.38. The maximum Gasteiger partial charge on any atom is 0.312 e. The zero-order valence-corrected chi connectivity index (χ0v) is 17.5. The number of para-hydroxylation sites is 2. The van der Waals surface area contributed by atoms with Gasteiger partial charge in [0.1, 0.15) is 11.6 Å². The summed E-state index contributed by atoms with van der Waals surface area (Å²) < 4.78 is 12.3. The van der Waals surface area contributed by atoms with Gasteiger partial charge < -0.3 is 19.7 Å². The SMILES string of the molecule is COc1ccccc1N1C[C@@H](C(=O)O[C@@H](C)C(=O)Nc2ccnn2C(C)C)CC1=O. The first-order valence-electron chi connectivity index (χ1n) is 9.80. The van der Waals surface area contributed by atoms with Crippen LogP contribution in [0.1, 0.15) is 33.2 Å². The minimum Gasteiger partial charge on any atom is -0.495 e. The molecule has 1 aliphatic heterocycles. The van der Waals surface area contributed by atoms with Gasteiger partial charge in [-0.15, -0.1) is 0 Å². The van der Waals surface area contributed by atoms with E-state index in [0.717, 1.165) is 0 Å². The Morgan fingerprint density at radius 2 is 1.93 bits per heavy atom. The second-order valence-electron chi connectivity index (χ2n) is 7.40. The van der Waals surface area contributed by atoms with Gasteiger partial charge in [0.05, 0.1) is 24.9 Å². The van der Waals surface area contributed by atoms with Crippen molar-refractivity contribution in [2.24, 2.45) is 5.92 Å². The zero-order chi connectivity index (χ0) is 21.8. The van der Waals surface area contributed by atoms with Crippen LogP contribution in [0, 0.1) is 5.92 Å². The van der Waals surface area contributed by atoms with E-state index in [2.05, 4.69) is 10.4 Å². The molecular formula is C21H26N4O5. The average molecular weight is 414 g/mol. The molecule has 2 aromatic rings. The number of amides is 2. The lowest BCUT2D eigenvalue weighted by Crippen LogP contribution is -2.34. The van der Waals surface area contributed by atoms with Crippen molar-refractivity contribution < 1.29 is 23.9 Å². The van der Waals surface area contributed by atoms with E-state index in [4.69, 9.17) is 9.47 Å². The Labute approximate surface area is 174 Å². The van der Waals surface area contributed by atoms with Crippen molar-refractivity contribution in [2.75, 3.05) is 23.9 Å². The number of hydrogen-bond acceptors (Lipinski definition) is 6. The monoisotopic (exact) mass is 414 g/mol. The third-order valence-corrected chi connectivity index (χ3v) is 4.91. The van der Waals surface area contributed by atoms with Crippen molar-refractivity contribution >= 4 is 29.3 Å². The van der Waals surface area contributed by atoms with Crippen molar-refractivity contribution in [2.45, 2.75) is 39.3 Å². The third-order valence-electron chi connectivity index (χ3n) is 4.91. The molecule has 2 heterocycles. The van der Waals surface area contributed by atoms with Crippen molar-refractivity contribution in [3.8, 4) is 5.75 Å². The first-order chi connectivity index (χ1) is 14.3. The summed E-state index contributed by atoms with van der Waals surface area (Å²) in [4.78, 5) is 39.0. The van der Waals surface area contributed by atoms with Gasteiger partial charge in [0.25, 0.3) is 5.91 Å². The molecule has 0 radical (unpaired) electrons. The Hall–Kier alpha value is -3.36. The summed E-state index contributed by atoms with van der Waals surface area (Å²) in [6.07, 6.45) is 0.595. The number of nitrogens with one attached hydrogen (secondary N) is 1. The van der Waals surface area contributed by atoms with E-state index in [9.17, 15) is 14.4 Å². The van der Waals surface area contributed by atoms with Crippen LogP contribution in [0.2, 0.25) is 0 Å². The summed E-state index contributed by atoms with van der Waals surface area (Å²) >= 11 is 0. The number of esters is 1. The molecule has 1 saturated heterocycles. The standard InChI is InChI=1S/C21H26N4O5/c1-13(2)25-18(9-10-22-25)23-20(27)14(3)30-21(28)15-11-19(26)24(12-15)16-7-5-6-8-17(16)29-4/h5-10,13-15H,11-12H2,1-4H3,(H,23,27)/t14-,15-/m0/s1. The Bertz CT molecular complexity index is 939. The van der Waals surface area contributed by atoms with E-state index in [-0.39, 0.29) is 24.9 Å². The normalized spacial score (nSPS) is 17.2. The molecule has 1 N–H and O–H groups in total. The quantitative estimate of drug-likeness (QED) is 0.698. The summed E-state index contributed by atoms with van der Waals surface area (Å²) in [7, 11) is 1.52. The third kappa shape index (κ3) is 4.45. The van der Waals surface area contributed by atoms with Gasteiger partial charge in [0.2, 0.25) is 5.91 Å². The smallest absolute Gasteiger partial charge is 0.312 e. The Morgan fingerprint density at radius 1 is 1.20 bits per heavy atom. The van der Waals surface area contributed by atoms with Gasteiger partial charge in [-0.3, -0.25) is 14.4 Å². The first-order valence-corrected chi connectivity index (χ1v) is 9.80. The van der Waals surface area contributed by atoms with Crippen molar-refractivity contribution in [3.05, 3.63) is 36.5 Å². The van der Waals surface area contributed by atoms with Crippen LogP contribution in [0.15, 0.2) is 36.5 Å². The lowest BCUT2D eigenvalue weighted by Gasteiger charge is -2.20. The van der Waals surface area contributed by atoms with Gasteiger partial charge >= 0.3 is 5.97 Å². The molecule has 1 aromatic carbocycles. The fourth-order valence-corrected chi connectivity index (χ4v) is 3.33. The highest BCUT2D eigenvalue weighted by molar-refractivity contribution is 6.01. The molecule has 9 heteroatoms. The molecule has 2 atom stereocenters. The maximum absolute atomic E-state index is 12.6. The predicted octanol–water partition coefficient (Wildman–Crippen LogP) is 2.40. The number of ether oxygens (including phenoxy) is 2. The van der Waals surface area contributed by atoms with Crippen LogP contribution >= 0.6 is 0 Å². The number of rotatable bonds is 7. The fourth-order valence-electron chi connectivity index (χ4n) is 3.33. The predicted molar refractivity (Wildman–Crippen MR) is 110 cm³/mol. The van der Waals surface area contributed by atoms with Crippen LogP contribution in [0.25, 0.3) is 0 Å². The average Bonchev–Trinajstić information content (AvgIpc) is 3.34. The number of carbonyl (C=O) groups is 3. The molecule has 0 unspecified atom stereocenters.